The summed E-state index contributed by atoms with van der Waals surface area (Å²) < 4.78 is 5.36. The molecule has 0 aliphatic heterocycles. The van der Waals surface area contributed by atoms with E-state index in [-0.39, 0.29) is 11.5 Å². The minimum atomic E-state index is -1.16. The molecule has 3 aromatic rings. The standard InChI is InChI=1S/C19H14N2O4S/c1-10-15-14(25-17(10)19(23)24)6-5-11(16(15)22)8-12-9-26-18(21-12)13-4-2-3-7-20-13/h2-4,7-9H,5-6H2,1H3,(H,23,24). The summed E-state index contributed by atoms with van der Waals surface area (Å²) in [6.07, 6.45) is 4.47. The third-order valence-electron chi connectivity index (χ3n) is 4.28. The zero-order valence-corrected chi connectivity index (χ0v) is 14.7. The van der Waals surface area contributed by atoms with Gasteiger partial charge in [-0.3, -0.25) is 9.78 Å². The Morgan fingerprint density at radius 2 is 2.19 bits per heavy atom. The molecule has 3 aromatic heterocycles. The number of furan rings is 1. The van der Waals surface area contributed by atoms with Crippen LogP contribution in [0.15, 0.2) is 39.8 Å². The molecule has 0 unspecified atom stereocenters. The van der Waals surface area contributed by atoms with Crippen molar-refractivity contribution in [2.24, 2.45) is 0 Å². The number of rotatable bonds is 3. The summed E-state index contributed by atoms with van der Waals surface area (Å²) in [4.78, 5) is 32.8. The fourth-order valence-corrected chi connectivity index (χ4v) is 3.80. The van der Waals surface area contributed by atoms with E-state index in [1.165, 1.54) is 11.3 Å². The van der Waals surface area contributed by atoms with Gasteiger partial charge in [-0.15, -0.1) is 11.3 Å². The van der Waals surface area contributed by atoms with Gasteiger partial charge in [-0.05, 0) is 31.6 Å². The molecule has 0 aromatic carbocycles. The lowest BCUT2D eigenvalue weighted by Crippen LogP contribution is -2.13. The van der Waals surface area contributed by atoms with Crippen LogP contribution in [0.25, 0.3) is 16.8 Å². The zero-order valence-electron chi connectivity index (χ0n) is 13.9. The molecule has 0 radical (unpaired) electrons. The lowest BCUT2D eigenvalue weighted by atomic mass is 9.89. The monoisotopic (exact) mass is 366 g/mol. The van der Waals surface area contributed by atoms with E-state index in [0.717, 1.165) is 10.7 Å². The number of carboxylic acids is 1. The Morgan fingerprint density at radius 1 is 1.35 bits per heavy atom. The first-order valence-electron chi connectivity index (χ1n) is 8.02. The Hall–Kier alpha value is -3.06. The molecule has 130 valence electrons. The predicted molar refractivity (Wildman–Crippen MR) is 96.4 cm³/mol. The van der Waals surface area contributed by atoms with Gasteiger partial charge in [0.2, 0.25) is 5.76 Å². The molecule has 0 fully saturated rings. The first kappa shape index (κ1) is 16.4. The van der Waals surface area contributed by atoms with E-state index in [0.29, 0.717) is 41.0 Å². The summed E-state index contributed by atoms with van der Waals surface area (Å²) in [5, 5.41) is 11.8. The molecule has 0 spiro atoms. The highest BCUT2D eigenvalue weighted by Gasteiger charge is 2.31. The van der Waals surface area contributed by atoms with Crippen molar-refractivity contribution in [3.63, 3.8) is 0 Å². The Morgan fingerprint density at radius 3 is 2.92 bits per heavy atom. The molecule has 3 heterocycles. The van der Waals surface area contributed by atoms with Crippen molar-refractivity contribution in [3.05, 3.63) is 63.7 Å². The Balaban J connectivity index is 1.67. The fourth-order valence-electron chi connectivity index (χ4n) is 3.05. The molecule has 6 nitrogen and oxygen atoms in total. The molecule has 26 heavy (non-hydrogen) atoms. The van der Waals surface area contributed by atoms with E-state index in [2.05, 4.69) is 9.97 Å². The van der Waals surface area contributed by atoms with Crippen LogP contribution < -0.4 is 0 Å². The van der Waals surface area contributed by atoms with Crippen molar-refractivity contribution in [1.82, 2.24) is 9.97 Å². The van der Waals surface area contributed by atoms with E-state index in [9.17, 15) is 14.7 Å². The van der Waals surface area contributed by atoms with Gasteiger partial charge < -0.3 is 9.52 Å². The van der Waals surface area contributed by atoms with Crippen LogP contribution in [0.4, 0.5) is 0 Å². The number of carbonyl (C=O) groups excluding carboxylic acids is 1. The number of carbonyl (C=O) groups is 2. The van der Waals surface area contributed by atoms with Crippen LogP contribution in [0.1, 0.15) is 44.4 Å². The third-order valence-corrected chi connectivity index (χ3v) is 5.17. The molecule has 0 amide bonds. The number of carboxylic acid groups (broad SMARTS) is 1. The molecule has 0 atom stereocenters. The van der Waals surface area contributed by atoms with Crippen LogP contribution in [0.5, 0.6) is 0 Å². The maximum absolute atomic E-state index is 12.8. The second-order valence-corrected chi connectivity index (χ2v) is 6.81. The van der Waals surface area contributed by atoms with Crippen molar-refractivity contribution < 1.29 is 19.1 Å². The van der Waals surface area contributed by atoms with Crippen molar-refractivity contribution in [3.8, 4) is 10.7 Å². The number of nitrogens with zero attached hydrogens (tertiary/aromatic N) is 2. The molecular formula is C19H14N2O4S. The Labute approximate surface area is 152 Å². The minimum absolute atomic E-state index is 0.157. The number of allylic oxidation sites excluding steroid dienone is 1. The number of hydrogen-bond donors (Lipinski definition) is 1. The Bertz CT molecular complexity index is 1050. The maximum Gasteiger partial charge on any atom is 0.372 e. The van der Waals surface area contributed by atoms with Gasteiger partial charge in [0.15, 0.2) is 5.78 Å². The maximum atomic E-state index is 12.8. The highest BCUT2D eigenvalue weighted by atomic mass is 32.1. The van der Waals surface area contributed by atoms with Gasteiger partial charge in [0.05, 0.1) is 17.0 Å². The number of hydrogen-bond acceptors (Lipinski definition) is 6. The van der Waals surface area contributed by atoms with Crippen molar-refractivity contribution in [2.45, 2.75) is 19.8 Å². The minimum Gasteiger partial charge on any atom is -0.475 e. The van der Waals surface area contributed by atoms with E-state index >= 15 is 0 Å². The first-order chi connectivity index (χ1) is 12.5. The van der Waals surface area contributed by atoms with Crippen LogP contribution >= 0.6 is 11.3 Å². The average molecular weight is 366 g/mol. The first-order valence-corrected chi connectivity index (χ1v) is 8.90. The smallest absolute Gasteiger partial charge is 0.372 e. The number of aromatic nitrogens is 2. The lowest BCUT2D eigenvalue weighted by molar-refractivity contribution is 0.0659. The number of thiazole rings is 1. The van der Waals surface area contributed by atoms with Gasteiger partial charge in [-0.25, -0.2) is 9.78 Å². The SMILES string of the molecule is Cc1c(C(=O)O)oc2c1C(=O)C(=Cc1csc(-c3ccccn3)n1)CC2. The number of Topliss-reactive ketones (excluding diaryl/α,β-unsaturated/α-hetero) is 1. The van der Waals surface area contributed by atoms with Crippen LogP contribution in [0.3, 0.4) is 0 Å². The topological polar surface area (TPSA) is 93.3 Å². The normalized spacial score (nSPS) is 15.3. The quantitative estimate of drug-likeness (QED) is 0.704. The number of pyridine rings is 1. The molecule has 0 bridgehead atoms. The molecule has 4 rings (SSSR count). The summed E-state index contributed by atoms with van der Waals surface area (Å²) >= 11 is 1.46. The van der Waals surface area contributed by atoms with Gasteiger partial charge in [-0.1, -0.05) is 6.07 Å². The van der Waals surface area contributed by atoms with Crippen molar-refractivity contribution in [1.29, 1.82) is 0 Å². The molecule has 1 N–H and O–H groups in total. The van der Waals surface area contributed by atoms with Crippen LogP contribution in [0.2, 0.25) is 0 Å². The van der Waals surface area contributed by atoms with Gasteiger partial charge in [0.25, 0.3) is 0 Å². The van der Waals surface area contributed by atoms with Gasteiger partial charge in [0, 0.05) is 29.1 Å². The van der Waals surface area contributed by atoms with Crippen LogP contribution in [-0.2, 0) is 6.42 Å². The third kappa shape index (κ3) is 2.76. The van der Waals surface area contributed by atoms with E-state index in [4.69, 9.17) is 4.42 Å². The molecule has 7 heteroatoms. The summed E-state index contributed by atoms with van der Waals surface area (Å²) in [5.74, 6) is -1.05. The fraction of sp³-hybridized carbons (Fsp3) is 0.158. The molecule has 1 aliphatic carbocycles. The summed E-state index contributed by atoms with van der Waals surface area (Å²) in [5.41, 5.74) is 2.85. The molecule has 0 saturated heterocycles. The number of aromatic carboxylic acids is 1. The summed E-state index contributed by atoms with van der Waals surface area (Å²) in [6.45, 7) is 1.61. The van der Waals surface area contributed by atoms with Gasteiger partial charge >= 0.3 is 5.97 Å². The zero-order chi connectivity index (χ0) is 18.3. The van der Waals surface area contributed by atoms with Crippen LogP contribution in [-0.4, -0.2) is 26.8 Å². The average Bonchev–Trinajstić information content (AvgIpc) is 3.23. The molecule has 0 saturated carbocycles. The van der Waals surface area contributed by atoms with E-state index in [1.54, 1.807) is 19.2 Å². The lowest BCUT2D eigenvalue weighted by Gasteiger charge is -2.12. The highest BCUT2D eigenvalue weighted by Crippen LogP contribution is 2.33. The second-order valence-electron chi connectivity index (χ2n) is 5.95. The highest BCUT2D eigenvalue weighted by molar-refractivity contribution is 7.13. The second kappa shape index (κ2) is 6.34. The van der Waals surface area contributed by atoms with Crippen molar-refractivity contribution >= 4 is 29.2 Å². The van der Waals surface area contributed by atoms with Gasteiger partial charge in [0.1, 0.15) is 10.8 Å². The van der Waals surface area contributed by atoms with E-state index < -0.39 is 5.97 Å². The summed E-state index contributed by atoms with van der Waals surface area (Å²) in [7, 11) is 0. The Kier molecular flexibility index (Phi) is 4.00. The molecular weight excluding hydrogens is 352 g/mol. The van der Waals surface area contributed by atoms with E-state index in [1.807, 2.05) is 23.6 Å². The number of ketones is 1. The van der Waals surface area contributed by atoms with Gasteiger partial charge in [-0.2, -0.15) is 0 Å². The van der Waals surface area contributed by atoms with Crippen LogP contribution in [0, 0.1) is 6.92 Å². The van der Waals surface area contributed by atoms with Crippen molar-refractivity contribution in [2.75, 3.05) is 0 Å². The number of aryl methyl sites for hydroxylation is 1. The summed E-state index contributed by atoms with van der Waals surface area (Å²) in [6, 6.07) is 5.63. The predicted octanol–water partition coefficient (Wildman–Crippen LogP) is 4.02. The molecule has 1 aliphatic rings. The largest absolute Gasteiger partial charge is 0.475 e. The number of fused-ring (bicyclic) bond motifs is 1.